The highest BCUT2D eigenvalue weighted by Crippen LogP contribution is 2.38. The van der Waals surface area contributed by atoms with E-state index in [2.05, 4.69) is 0 Å². The molecule has 0 amide bonds. The molecule has 1 aliphatic rings. The van der Waals surface area contributed by atoms with E-state index in [-0.39, 0.29) is 22.7 Å². The molecule has 1 aromatic carbocycles. The summed E-state index contributed by atoms with van der Waals surface area (Å²) in [6.07, 6.45) is 1.24. The number of pyridine rings is 1. The molecule has 0 bridgehead atoms. The zero-order valence-corrected chi connectivity index (χ0v) is 11.9. The first-order chi connectivity index (χ1) is 10.4. The highest BCUT2D eigenvalue weighted by Gasteiger charge is 2.32. The molecule has 7 heteroatoms. The lowest BCUT2D eigenvalue weighted by molar-refractivity contribution is 0.0693. The summed E-state index contributed by atoms with van der Waals surface area (Å²) in [5.41, 5.74) is -1.25. The van der Waals surface area contributed by atoms with Crippen molar-refractivity contribution >= 4 is 16.9 Å². The fraction of sp³-hybridized carbons (Fsp3) is 0.333. The second-order valence-corrected chi connectivity index (χ2v) is 5.29. The zero-order valence-electron chi connectivity index (χ0n) is 11.9. The summed E-state index contributed by atoms with van der Waals surface area (Å²) in [4.78, 5) is 23.4. The maximum atomic E-state index is 14.0. The topological polar surface area (TPSA) is 68.5 Å². The molecule has 1 aromatic heterocycles. The van der Waals surface area contributed by atoms with Crippen molar-refractivity contribution in [3.63, 3.8) is 0 Å². The largest absolute Gasteiger partial charge is 0.483 e. The van der Waals surface area contributed by atoms with Crippen LogP contribution in [0.5, 0.6) is 5.75 Å². The molecule has 2 aromatic rings. The number of ether oxygens (including phenoxy) is 1. The van der Waals surface area contributed by atoms with Crippen LogP contribution < -0.4 is 10.2 Å². The molecule has 3 rings (SSSR count). The van der Waals surface area contributed by atoms with E-state index in [0.29, 0.717) is 6.42 Å². The molecule has 116 valence electrons. The third-order valence-corrected chi connectivity index (χ3v) is 4.04. The van der Waals surface area contributed by atoms with Crippen LogP contribution in [0.15, 0.2) is 17.1 Å². The van der Waals surface area contributed by atoms with E-state index in [1.807, 2.05) is 6.92 Å². The maximum Gasteiger partial charge on any atom is 0.341 e. The zero-order chi connectivity index (χ0) is 16.2. The number of carbonyl (C=O) groups is 1. The first-order valence-electron chi connectivity index (χ1n) is 6.83. The number of nitrogens with zero attached hydrogens (tertiary/aromatic N) is 1. The molecule has 0 aliphatic carbocycles. The summed E-state index contributed by atoms with van der Waals surface area (Å²) >= 11 is 0. The summed E-state index contributed by atoms with van der Waals surface area (Å²) in [5.74, 6) is -4.16. The number of aromatic nitrogens is 1. The van der Waals surface area contributed by atoms with Gasteiger partial charge in [0.05, 0.1) is 16.9 Å². The van der Waals surface area contributed by atoms with Crippen LogP contribution in [0.2, 0.25) is 0 Å². The molecule has 2 atom stereocenters. The Labute approximate surface area is 123 Å². The van der Waals surface area contributed by atoms with Gasteiger partial charge in [-0.3, -0.25) is 4.79 Å². The normalized spacial score (nSPS) is 20.0. The van der Waals surface area contributed by atoms with E-state index in [9.17, 15) is 18.4 Å². The molecule has 0 spiro atoms. The fourth-order valence-electron chi connectivity index (χ4n) is 2.86. The van der Waals surface area contributed by atoms with Gasteiger partial charge in [0, 0.05) is 6.20 Å². The van der Waals surface area contributed by atoms with Gasteiger partial charge in [-0.15, -0.1) is 0 Å². The molecular formula is C15H13F2NO4. The lowest BCUT2D eigenvalue weighted by Crippen LogP contribution is -2.34. The van der Waals surface area contributed by atoms with Gasteiger partial charge in [0.25, 0.3) is 0 Å². The summed E-state index contributed by atoms with van der Waals surface area (Å²) < 4.78 is 34.8. The van der Waals surface area contributed by atoms with Gasteiger partial charge in [-0.1, -0.05) is 6.92 Å². The van der Waals surface area contributed by atoms with E-state index in [1.54, 1.807) is 6.92 Å². The molecule has 2 heterocycles. The van der Waals surface area contributed by atoms with Gasteiger partial charge in [0.2, 0.25) is 11.2 Å². The van der Waals surface area contributed by atoms with Crippen molar-refractivity contribution in [1.82, 2.24) is 4.57 Å². The average Bonchev–Trinajstić information content (AvgIpc) is 2.48. The predicted octanol–water partition coefficient (Wildman–Crippen LogP) is 2.71. The monoisotopic (exact) mass is 309 g/mol. The van der Waals surface area contributed by atoms with Gasteiger partial charge in [-0.05, 0) is 19.4 Å². The molecule has 1 aliphatic heterocycles. The van der Waals surface area contributed by atoms with E-state index in [1.165, 1.54) is 10.8 Å². The Bertz CT molecular complexity index is 859. The van der Waals surface area contributed by atoms with Gasteiger partial charge in [-0.2, -0.15) is 4.39 Å². The van der Waals surface area contributed by atoms with Crippen LogP contribution in [0.25, 0.3) is 10.9 Å². The quantitative estimate of drug-likeness (QED) is 0.926. The van der Waals surface area contributed by atoms with Crippen LogP contribution in [0.1, 0.15) is 36.7 Å². The van der Waals surface area contributed by atoms with E-state index in [0.717, 1.165) is 6.07 Å². The van der Waals surface area contributed by atoms with E-state index < -0.39 is 34.7 Å². The third-order valence-electron chi connectivity index (χ3n) is 4.04. The molecule has 0 saturated heterocycles. The molecule has 5 nitrogen and oxygen atoms in total. The summed E-state index contributed by atoms with van der Waals surface area (Å²) in [5, 5.41) is 8.95. The Kier molecular flexibility index (Phi) is 3.16. The van der Waals surface area contributed by atoms with Crippen LogP contribution in [-0.2, 0) is 0 Å². The van der Waals surface area contributed by atoms with Gasteiger partial charge in [0.1, 0.15) is 11.7 Å². The van der Waals surface area contributed by atoms with E-state index >= 15 is 0 Å². The number of aromatic carboxylic acids is 1. The van der Waals surface area contributed by atoms with Gasteiger partial charge >= 0.3 is 5.97 Å². The van der Waals surface area contributed by atoms with Crippen LogP contribution in [-0.4, -0.2) is 21.7 Å². The minimum atomic E-state index is -1.41. The number of hydrogen-bond donors (Lipinski definition) is 1. The Morgan fingerprint density at radius 2 is 2.14 bits per heavy atom. The van der Waals surface area contributed by atoms with Crippen molar-refractivity contribution in [2.75, 3.05) is 0 Å². The van der Waals surface area contributed by atoms with Crippen LogP contribution in [0.3, 0.4) is 0 Å². The number of hydrogen-bond acceptors (Lipinski definition) is 3. The number of carboxylic acid groups (broad SMARTS) is 1. The highest BCUT2D eigenvalue weighted by atomic mass is 19.2. The average molecular weight is 309 g/mol. The van der Waals surface area contributed by atoms with Gasteiger partial charge in [-0.25, -0.2) is 9.18 Å². The smallest absolute Gasteiger partial charge is 0.341 e. The lowest BCUT2D eigenvalue weighted by atomic mass is 10.0. The molecular weight excluding hydrogens is 296 g/mol. The number of carboxylic acids is 1. The lowest BCUT2D eigenvalue weighted by Gasteiger charge is -2.33. The number of halogens is 2. The highest BCUT2D eigenvalue weighted by molar-refractivity contribution is 5.94. The summed E-state index contributed by atoms with van der Waals surface area (Å²) in [7, 11) is 0. The molecule has 1 N–H and O–H groups in total. The first-order valence-corrected chi connectivity index (χ1v) is 6.83. The predicted molar refractivity (Wildman–Crippen MR) is 74.5 cm³/mol. The van der Waals surface area contributed by atoms with Gasteiger partial charge < -0.3 is 14.4 Å². The molecule has 0 fully saturated rings. The van der Waals surface area contributed by atoms with Crippen molar-refractivity contribution in [3.05, 3.63) is 39.7 Å². The molecule has 0 saturated carbocycles. The Hall–Kier alpha value is -2.44. The Morgan fingerprint density at radius 1 is 1.45 bits per heavy atom. The third kappa shape index (κ3) is 1.81. The maximum absolute atomic E-state index is 14.0. The van der Waals surface area contributed by atoms with E-state index in [4.69, 9.17) is 9.84 Å². The van der Waals surface area contributed by atoms with Crippen LogP contribution >= 0.6 is 0 Å². The Morgan fingerprint density at radius 3 is 2.73 bits per heavy atom. The summed E-state index contributed by atoms with van der Waals surface area (Å²) in [6, 6.07) is 0.408. The van der Waals surface area contributed by atoms with Crippen molar-refractivity contribution in [3.8, 4) is 5.75 Å². The standard InChI is InChI=1S/C15H13F2NO4/c1-3-10-6(2)18-5-8(15(20)21)13(19)7-4-9(16)11(17)14(22-10)12(7)18/h4-6,10H,3H2,1-2H3,(H,20,21). The fourth-order valence-corrected chi connectivity index (χ4v) is 2.86. The van der Waals surface area contributed by atoms with Gasteiger partial charge in [0.15, 0.2) is 11.6 Å². The second-order valence-electron chi connectivity index (χ2n) is 5.29. The first kappa shape index (κ1) is 14.5. The van der Waals surface area contributed by atoms with Crippen molar-refractivity contribution in [2.24, 2.45) is 0 Å². The van der Waals surface area contributed by atoms with Crippen molar-refractivity contribution in [2.45, 2.75) is 32.4 Å². The van der Waals surface area contributed by atoms with Crippen LogP contribution in [0.4, 0.5) is 8.78 Å². The van der Waals surface area contributed by atoms with Crippen molar-refractivity contribution < 1.29 is 23.4 Å². The number of benzene rings is 1. The second kappa shape index (κ2) is 4.79. The van der Waals surface area contributed by atoms with Crippen molar-refractivity contribution in [1.29, 1.82) is 0 Å². The van der Waals surface area contributed by atoms with Crippen LogP contribution in [0, 0.1) is 11.6 Å². The minimum absolute atomic E-state index is 0.0890. The SMILES string of the molecule is CCC1Oc2c(F)c(F)cc3c(=O)c(C(=O)O)cn(c23)C1C. The molecule has 22 heavy (non-hydrogen) atoms. The molecule has 2 unspecified atom stereocenters. The Balaban J connectivity index is 2.51. The number of rotatable bonds is 2. The molecule has 0 radical (unpaired) electrons. The summed E-state index contributed by atoms with van der Waals surface area (Å²) in [6.45, 7) is 3.59. The minimum Gasteiger partial charge on any atom is -0.483 e.